The molecule has 0 N–H and O–H groups in total. The van der Waals surface area contributed by atoms with Crippen LogP contribution >= 0.6 is 0 Å². The molecule has 0 fully saturated rings. The molecule has 0 saturated heterocycles. The Balaban J connectivity index is 3.18. The first kappa shape index (κ1) is 11.5. The van der Waals surface area contributed by atoms with Crippen LogP contribution in [-0.4, -0.2) is 13.1 Å². The van der Waals surface area contributed by atoms with E-state index in [1.54, 1.807) is 6.92 Å². The van der Waals surface area contributed by atoms with E-state index in [2.05, 4.69) is 0 Å². The fourth-order valence-electron chi connectivity index (χ4n) is 1.32. The lowest BCUT2D eigenvalue weighted by Crippen LogP contribution is -2.05. The van der Waals surface area contributed by atoms with Crippen molar-refractivity contribution in [3.63, 3.8) is 0 Å². The molecular formula is C11H13FO3. The number of hydrogen-bond acceptors (Lipinski definition) is 3. The third-order valence-corrected chi connectivity index (χ3v) is 1.99. The van der Waals surface area contributed by atoms with E-state index in [0.29, 0.717) is 12.0 Å². The molecule has 3 nitrogen and oxygen atoms in total. The number of hydrogen-bond donors (Lipinski definition) is 0. The normalized spacial score (nSPS) is 9.87. The summed E-state index contributed by atoms with van der Waals surface area (Å²) in [6.07, 6.45) is 0.436. The van der Waals surface area contributed by atoms with Gasteiger partial charge in [-0.25, -0.2) is 4.39 Å². The van der Waals surface area contributed by atoms with Crippen molar-refractivity contribution in [2.24, 2.45) is 0 Å². The molecule has 0 unspecified atom stereocenters. The van der Waals surface area contributed by atoms with Gasteiger partial charge < -0.3 is 9.47 Å². The number of halogens is 1. The second-order valence-electron chi connectivity index (χ2n) is 3.01. The van der Waals surface area contributed by atoms with Gasteiger partial charge in [0.2, 0.25) is 0 Å². The first-order chi connectivity index (χ1) is 7.10. The molecule has 0 bridgehead atoms. The molecule has 0 aliphatic heterocycles. The summed E-state index contributed by atoms with van der Waals surface area (Å²) in [6.45, 7) is 3.06. The van der Waals surface area contributed by atoms with Gasteiger partial charge in [0.1, 0.15) is 5.75 Å². The van der Waals surface area contributed by atoms with Crippen LogP contribution in [-0.2, 0) is 11.2 Å². The number of carbonyl (C=O) groups excluding carboxylic acids is 1. The fraction of sp³-hybridized carbons (Fsp3) is 0.364. The Hall–Kier alpha value is -1.58. The van der Waals surface area contributed by atoms with Gasteiger partial charge in [-0.1, -0.05) is 6.92 Å². The first-order valence-corrected chi connectivity index (χ1v) is 4.64. The zero-order chi connectivity index (χ0) is 11.4. The van der Waals surface area contributed by atoms with Crippen LogP contribution in [0.4, 0.5) is 4.39 Å². The summed E-state index contributed by atoms with van der Waals surface area (Å²) in [4.78, 5) is 10.8. The number of carbonyl (C=O) groups is 1. The lowest BCUT2D eigenvalue weighted by Gasteiger charge is -2.10. The topological polar surface area (TPSA) is 35.5 Å². The highest BCUT2D eigenvalue weighted by Crippen LogP contribution is 2.29. The summed E-state index contributed by atoms with van der Waals surface area (Å²) in [5, 5.41) is 0. The van der Waals surface area contributed by atoms with Gasteiger partial charge in [0.15, 0.2) is 11.6 Å². The lowest BCUT2D eigenvalue weighted by molar-refractivity contribution is -0.131. The molecule has 0 amide bonds. The number of methoxy groups -OCH3 is 1. The lowest BCUT2D eigenvalue weighted by atomic mass is 10.1. The van der Waals surface area contributed by atoms with Crippen LogP contribution in [0.25, 0.3) is 0 Å². The van der Waals surface area contributed by atoms with Crippen molar-refractivity contribution in [1.29, 1.82) is 0 Å². The predicted molar refractivity (Wildman–Crippen MR) is 53.6 cm³/mol. The second-order valence-corrected chi connectivity index (χ2v) is 3.01. The second kappa shape index (κ2) is 4.77. The minimum absolute atomic E-state index is 0.155. The van der Waals surface area contributed by atoms with E-state index in [-0.39, 0.29) is 11.5 Å². The molecule has 4 heteroatoms. The van der Waals surface area contributed by atoms with Crippen LogP contribution in [0.1, 0.15) is 19.4 Å². The highest BCUT2D eigenvalue weighted by Gasteiger charge is 2.14. The Morgan fingerprint density at radius 1 is 1.40 bits per heavy atom. The number of ether oxygens (including phenoxy) is 2. The molecule has 1 aromatic carbocycles. The molecule has 0 aliphatic carbocycles. The molecule has 15 heavy (non-hydrogen) atoms. The zero-order valence-electron chi connectivity index (χ0n) is 8.96. The molecule has 0 radical (unpaired) electrons. The van der Waals surface area contributed by atoms with E-state index in [4.69, 9.17) is 9.47 Å². The van der Waals surface area contributed by atoms with Crippen LogP contribution in [0.3, 0.4) is 0 Å². The average Bonchev–Trinajstić information content (AvgIpc) is 2.18. The summed E-state index contributed by atoms with van der Waals surface area (Å²) in [6, 6.07) is 2.97. The van der Waals surface area contributed by atoms with Crippen LogP contribution < -0.4 is 9.47 Å². The van der Waals surface area contributed by atoms with E-state index in [1.807, 2.05) is 0 Å². The fourth-order valence-corrected chi connectivity index (χ4v) is 1.32. The highest BCUT2D eigenvalue weighted by molar-refractivity contribution is 5.70. The first-order valence-electron chi connectivity index (χ1n) is 4.64. The standard InChI is InChI=1S/C11H13FO3/c1-4-8-9(15-7(2)13)5-6-10(14-3)11(8)12/h5-6H,4H2,1-3H3. The summed E-state index contributed by atoms with van der Waals surface area (Å²) in [5.41, 5.74) is 0.351. The van der Waals surface area contributed by atoms with E-state index in [0.717, 1.165) is 0 Å². The average molecular weight is 212 g/mol. The summed E-state index contributed by atoms with van der Waals surface area (Å²) in [5.74, 6) is -0.529. The van der Waals surface area contributed by atoms with Gasteiger partial charge >= 0.3 is 5.97 Å². The highest BCUT2D eigenvalue weighted by atomic mass is 19.1. The summed E-state index contributed by atoms with van der Waals surface area (Å²) in [7, 11) is 1.39. The molecular weight excluding hydrogens is 199 g/mol. The molecule has 0 heterocycles. The molecule has 0 aliphatic rings. The maximum absolute atomic E-state index is 13.7. The van der Waals surface area contributed by atoms with E-state index in [1.165, 1.54) is 26.2 Å². The Kier molecular flexibility index (Phi) is 3.66. The van der Waals surface area contributed by atoms with Gasteiger partial charge in [-0.3, -0.25) is 4.79 Å². The number of rotatable bonds is 3. The summed E-state index contributed by atoms with van der Waals surface area (Å²) < 4.78 is 23.4. The van der Waals surface area contributed by atoms with Crippen molar-refractivity contribution >= 4 is 5.97 Å². The third-order valence-electron chi connectivity index (χ3n) is 1.99. The third kappa shape index (κ3) is 2.46. The smallest absolute Gasteiger partial charge is 0.308 e. The van der Waals surface area contributed by atoms with E-state index < -0.39 is 11.8 Å². The van der Waals surface area contributed by atoms with Crippen LogP contribution in [0, 0.1) is 5.82 Å². The zero-order valence-corrected chi connectivity index (χ0v) is 8.96. The van der Waals surface area contributed by atoms with Crippen molar-refractivity contribution in [2.75, 3.05) is 7.11 Å². The van der Waals surface area contributed by atoms with Crippen molar-refractivity contribution < 1.29 is 18.7 Å². The molecule has 82 valence electrons. The van der Waals surface area contributed by atoms with Gasteiger partial charge in [0.05, 0.1) is 7.11 Å². The van der Waals surface area contributed by atoms with Gasteiger partial charge in [-0.2, -0.15) is 0 Å². The van der Waals surface area contributed by atoms with Crippen molar-refractivity contribution in [3.8, 4) is 11.5 Å². The maximum Gasteiger partial charge on any atom is 0.308 e. The molecule has 1 rings (SSSR count). The van der Waals surface area contributed by atoms with Gasteiger partial charge in [0, 0.05) is 12.5 Å². The predicted octanol–water partition coefficient (Wildman–Crippen LogP) is 2.32. The quantitative estimate of drug-likeness (QED) is 0.569. The monoisotopic (exact) mass is 212 g/mol. The molecule has 0 atom stereocenters. The molecule has 0 saturated carbocycles. The van der Waals surface area contributed by atoms with Crippen molar-refractivity contribution in [3.05, 3.63) is 23.5 Å². The van der Waals surface area contributed by atoms with Crippen LogP contribution in [0.2, 0.25) is 0 Å². The van der Waals surface area contributed by atoms with Gasteiger partial charge in [0.25, 0.3) is 0 Å². The Morgan fingerprint density at radius 3 is 2.47 bits per heavy atom. The van der Waals surface area contributed by atoms with Crippen molar-refractivity contribution in [2.45, 2.75) is 20.3 Å². The minimum atomic E-state index is -0.473. The molecule has 0 aromatic heterocycles. The Bertz CT molecular complexity index is 374. The SMILES string of the molecule is CCc1c(OC(C)=O)ccc(OC)c1F. The largest absolute Gasteiger partial charge is 0.494 e. The van der Waals surface area contributed by atoms with Gasteiger partial charge in [-0.05, 0) is 18.6 Å². The molecule has 0 spiro atoms. The Morgan fingerprint density at radius 2 is 2.00 bits per heavy atom. The minimum Gasteiger partial charge on any atom is -0.494 e. The van der Waals surface area contributed by atoms with E-state index >= 15 is 0 Å². The Labute approximate surface area is 87.8 Å². The van der Waals surface area contributed by atoms with Crippen LogP contribution in [0.5, 0.6) is 11.5 Å². The number of benzene rings is 1. The van der Waals surface area contributed by atoms with Gasteiger partial charge in [-0.15, -0.1) is 0 Å². The summed E-state index contributed by atoms with van der Waals surface area (Å²) >= 11 is 0. The van der Waals surface area contributed by atoms with E-state index in [9.17, 15) is 9.18 Å². The van der Waals surface area contributed by atoms with Crippen molar-refractivity contribution in [1.82, 2.24) is 0 Å². The molecule has 1 aromatic rings. The van der Waals surface area contributed by atoms with Crippen LogP contribution in [0.15, 0.2) is 12.1 Å². The maximum atomic E-state index is 13.7. The number of esters is 1.